The van der Waals surface area contributed by atoms with E-state index in [4.69, 9.17) is 10.5 Å². The Kier molecular flexibility index (Phi) is 4.71. The first-order valence-corrected chi connectivity index (χ1v) is 7.35. The van der Waals surface area contributed by atoms with Gasteiger partial charge in [-0.1, -0.05) is 30.3 Å². The molecule has 0 fully saturated rings. The molecule has 0 radical (unpaired) electrons. The van der Waals surface area contributed by atoms with Crippen molar-refractivity contribution in [1.29, 1.82) is 0 Å². The van der Waals surface area contributed by atoms with Gasteiger partial charge >= 0.3 is 0 Å². The Morgan fingerprint density at radius 3 is 2.42 bits per heavy atom. The predicted octanol–water partition coefficient (Wildman–Crippen LogP) is 2.46. The van der Waals surface area contributed by atoms with E-state index in [2.05, 4.69) is 0 Å². The van der Waals surface area contributed by atoms with Crippen LogP contribution in [0, 0.1) is 0 Å². The maximum atomic E-state index is 12.3. The number of hydrogen-bond donors (Lipinski definition) is 1. The van der Waals surface area contributed by atoms with Gasteiger partial charge in [-0.2, -0.15) is 0 Å². The Balaban J connectivity index is 2.11. The maximum absolute atomic E-state index is 12.3. The summed E-state index contributed by atoms with van der Waals surface area (Å²) in [4.78, 5) is 0.780. The largest absolute Gasteiger partial charge is 0.497 e. The van der Waals surface area contributed by atoms with E-state index in [0.29, 0.717) is 12.3 Å². The van der Waals surface area contributed by atoms with Crippen LogP contribution in [0.5, 0.6) is 5.75 Å². The van der Waals surface area contributed by atoms with E-state index in [9.17, 15) is 4.21 Å². The zero-order valence-electron chi connectivity index (χ0n) is 10.8. The normalized spacial score (nSPS) is 12.1. The number of rotatable bonds is 5. The third-order valence-corrected chi connectivity index (χ3v) is 4.24. The lowest BCUT2D eigenvalue weighted by Crippen LogP contribution is -1.99. The molecule has 4 heteroatoms. The van der Waals surface area contributed by atoms with Crippen molar-refractivity contribution in [2.45, 2.75) is 17.2 Å². The van der Waals surface area contributed by atoms with Gasteiger partial charge in [-0.15, -0.1) is 0 Å². The van der Waals surface area contributed by atoms with Crippen molar-refractivity contribution in [1.82, 2.24) is 0 Å². The van der Waals surface area contributed by atoms with Gasteiger partial charge in [-0.25, -0.2) is 0 Å². The van der Waals surface area contributed by atoms with Gasteiger partial charge in [-0.3, -0.25) is 4.21 Å². The molecule has 0 heterocycles. The molecule has 100 valence electrons. The highest BCUT2D eigenvalue weighted by Crippen LogP contribution is 2.18. The van der Waals surface area contributed by atoms with Crippen LogP contribution in [-0.4, -0.2) is 11.3 Å². The van der Waals surface area contributed by atoms with Crippen LogP contribution in [-0.2, 0) is 23.1 Å². The monoisotopic (exact) mass is 275 g/mol. The molecule has 0 aliphatic rings. The SMILES string of the molecule is COc1cccc(S(=O)Cc2ccc(CN)cc2)c1. The summed E-state index contributed by atoms with van der Waals surface area (Å²) in [5, 5.41) is 0. The fourth-order valence-electron chi connectivity index (χ4n) is 1.75. The van der Waals surface area contributed by atoms with Gasteiger partial charge < -0.3 is 10.5 Å². The molecule has 2 aromatic rings. The third-order valence-electron chi connectivity index (χ3n) is 2.86. The molecule has 0 aromatic heterocycles. The van der Waals surface area contributed by atoms with Crippen LogP contribution in [0.4, 0.5) is 0 Å². The lowest BCUT2D eigenvalue weighted by Gasteiger charge is -2.05. The minimum atomic E-state index is -1.07. The smallest absolute Gasteiger partial charge is 0.120 e. The molecule has 0 aliphatic heterocycles. The van der Waals surface area contributed by atoms with E-state index in [-0.39, 0.29) is 0 Å². The summed E-state index contributed by atoms with van der Waals surface area (Å²) in [5.41, 5.74) is 7.67. The number of ether oxygens (including phenoxy) is 1. The van der Waals surface area contributed by atoms with Crippen LogP contribution in [0.15, 0.2) is 53.4 Å². The van der Waals surface area contributed by atoms with Crippen molar-refractivity contribution in [3.05, 3.63) is 59.7 Å². The number of benzene rings is 2. The molecule has 0 saturated carbocycles. The molecule has 19 heavy (non-hydrogen) atoms. The van der Waals surface area contributed by atoms with E-state index in [0.717, 1.165) is 21.8 Å². The van der Waals surface area contributed by atoms with E-state index in [1.807, 2.05) is 48.5 Å². The van der Waals surface area contributed by atoms with Gasteiger partial charge in [0.25, 0.3) is 0 Å². The molecule has 1 atom stereocenters. The van der Waals surface area contributed by atoms with Gasteiger partial charge in [0.2, 0.25) is 0 Å². The Hall–Kier alpha value is -1.65. The van der Waals surface area contributed by atoms with Gasteiger partial charge in [0.1, 0.15) is 5.75 Å². The van der Waals surface area contributed by atoms with E-state index in [1.54, 1.807) is 7.11 Å². The number of methoxy groups -OCH3 is 1. The van der Waals surface area contributed by atoms with Crippen LogP contribution < -0.4 is 10.5 Å². The third kappa shape index (κ3) is 3.66. The molecular formula is C15H17NO2S. The molecule has 2 rings (SSSR count). The van der Waals surface area contributed by atoms with Crippen molar-refractivity contribution >= 4 is 10.8 Å². The van der Waals surface area contributed by atoms with Crippen molar-refractivity contribution in [3.63, 3.8) is 0 Å². The quantitative estimate of drug-likeness (QED) is 0.912. The molecule has 0 amide bonds. The second-order valence-electron chi connectivity index (χ2n) is 4.19. The first-order valence-electron chi connectivity index (χ1n) is 6.03. The zero-order valence-corrected chi connectivity index (χ0v) is 11.7. The second kappa shape index (κ2) is 6.50. The van der Waals surface area contributed by atoms with E-state index < -0.39 is 10.8 Å². The Morgan fingerprint density at radius 2 is 1.79 bits per heavy atom. The van der Waals surface area contributed by atoms with Crippen molar-refractivity contribution < 1.29 is 8.95 Å². The fraction of sp³-hybridized carbons (Fsp3) is 0.200. The number of nitrogens with two attached hydrogens (primary N) is 1. The van der Waals surface area contributed by atoms with Crippen LogP contribution in [0.3, 0.4) is 0 Å². The minimum absolute atomic E-state index is 0.498. The summed E-state index contributed by atoms with van der Waals surface area (Å²) in [5.74, 6) is 1.22. The minimum Gasteiger partial charge on any atom is -0.497 e. The summed E-state index contributed by atoms with van der Waals surface area (Å²) in [6, 6.07) is 15.2. The van der Waals surface area contributed by atoms with Gasteiger partial charge in [-0.05, 0) is 29.3 Å². The average Bonchev–Trinajstić information content (AvgIpc) is 2.48. The summed E-state index contributed by atoms with van der Waals surface area (Å²) >= 11 is 0. The zero-order chi connectivity index (χ0) is 13.7. The van der Waals surface area contributed by atoms with Crippen LogP contribution in [0.1, 0.15) is 11.1 Å². The molecule has 2 aromatic carbocycles. The molecule has 3 nitrogen and oxygen atoms in total. The van der Waals surface area contributed by atoms with E-state index in [1.165, 1.54) is 0 Å². The van der Waals surface area contributed by atoms with Crippen LogP contribution in [0.2, 0.25) is 0 Å². The van der Waals surface area contributed by atoms with E-state index >= 15 is 0 Å². The molecule has 0 aliphatic carbocycles. The first-order chi connectivity index (χ1) is 9.22. The second-order valence-corrected chi connectivity index (χ2v) is 5.64. The molecular weight excluding hydrogens is 258 g/mol. The highest BCUT2D eigenvalue weighted by atomic mass is 32.2. The topological polar surface area (TPSA) is 52.3 Å². The molecule has 0 spiro atoms. The van der Waals surface area contributed by atoms with Crippen molar-refractivity contribution in [3.8, 4) is 5.75 Å². The van der Waals surface area contributed by atoms with Crippen molar-refractivity contribution in [2.75, 3.05) is 7.11 Å². The van der Waals surface area contributed by atoms with Gasteiger partial charge in [0.15, 0.2) is 0 Å². The Bertz CT molecular complexity index is 567. The van der Waals surface area contributed by atoms with Crippen molar-refractivity contribution in [2.24, 2.45) is 5.73 Å². The Morgan fingerprint density at radius 1 is 1.11 bits per heavy atom. The van der Waals surface area contributed by atoms with Gasteiger partial charge in [0.05, 0.1) is 23.7 Å². The van der Waals surface area contributed by atoms with Gasteiger partial charge in [0, 0.05) is 11.4 Å². The predicted molar refractivity (Wildman–Crippen MR) is 77.4 cm³/mol. The average molecular weight is 275 g/mol. The summed E-state index contributed by atoms with van der Waals surface area (Å²) in [7, 11) is 0.539. The molecule has 2 N–H and O–H groups in total. The maximum Gasteiger partial charge on any atom is 0.120 e. The first kappa shape index (κ1) is 13.8. The molecule has 0 saturated heterocycles. The molecule has 1 unspecified atom stereocenters. The van der Waals surface area contributed by atoms with Crippen LogP contribution in [0.25, 0.3) is 0 Å². The lowest BCUT2D eigenvalue weighted by atomic mass is 10.1. The molecule has 0 bridgehead atoms. The summed E-state index contributed by atoms with van der Waals surface area (Å²) in [6.07, 6.45) is 0. The highest BCUT2D eigenvalue weighted by Gasteiger charge is 2.06. The standard InChI is InChI=1S/C15H17NO2S/c1-18-14-3-2-4-15(9-14)19(17)11-13-7-5-12(10-16)6-8-13/h2-9H,10-11,16H2,1H3. The highest BCUT2D eigenvalue weighted by molar-refractivity contribution is 7.84. The Labute approximate surface area is 115 Å². The number of hydrogen-bond acceptors (Lipinski definition) is 3. The lowest BCUT2D eigenvalue weighted by molar-refractivity contribution is 0.413. The summed E-state index contributed by atoms with van der Waals surface area (Å²) in [6.45, 7) is 0.527. The van der Waals surface area contributed by atoms with Crippen LogP contribution >= 0.6 is 0 Å². The fourth-order valence-corrected chi connectivity index (χ4v) is 2.89. The summed E-state index contributed by atoms with van der Waals surface area (Å²) < 4.78 is 17.4.